The molecule has 16 aliphatic carbocycles. The van der Waals surface area contributed by atoms with E-state index in [9.17, 15) is 33.6 Å². The molecule has 2 saturated heterocycles. The number of carbonyl (C=O) groups excluding carboxylic acids is 7. The van der Waals surface area contributed by atoms with Crippen LogP contribution >= 0.6 is 0 Å². The molecule has 0 aromatic heterocycles. The molecule has 9 heteroatoms. The number of Topliss-reactive ketones (excluding diaryl/α,β-unsaturated/α-hetero) is 3. The zero-order chi connectivity index (χ0) is 81.7. The van der Waals surface area contributed by atoms with Gasteiger partial charge in [0.2, 0.25) is 0 Å². The Kier molecular flexibility index (Phi) is 23.3. The van der Waals surface area contributed by atoms with Gasteiger partial charge in [-0.3, -0.25) is 24.0 Å². The fourth-order valence-corrected chi connectivity index (χ4v) is 33.0. The molecule has 0 radical (unpaired) electrons. The Morgan fingerprint density at radius 1 is 0.404 bits per heavy atom. The number of hydrogen-bond acceptors (Lipinski definition) is 9. The summed E-state index contributed by atoms with van der Waals surface area (Å²) in [4.78, 5) is 83.2. The summed E-state index contributed by atoms with van der Waals surface area (Å²) in [5.74, 6) is 17.4. The van der Waals surface area contributed by atoms with Gasteiger partial charge in [-0.25, -0.2) is 0 Å². The molecule has 10 saturated carbocycles. The lowest BCUT2D eigenvalue weighted by atomic mass is 9.46. The number of ketones is 7. The van der Waals surface area contributed by atoms with Gasteiger partial charge in [-0.05, 0) is 411 Å². The smallest absolute Gasteiger partial charge is 0.156 e. The first-order valence-corrected chi connectivity index (χ1v) is 47.9. The van der Waals surface area contributed by atoms with Gasteiger partial charge in [0.1, 0.15) is 23.5 Å². The molecule has 0 aromatic carbocycles. The Morgan fingerprint density at radius 2 is 0.798 bits per heavy atom. The van der Waals surface area contributed by atoms with Gasteiger partial charge in [-0.1, -0.05) is 127 Å². The van der Waals surface area contributed by atoms with E-state index in [4.69, 9.17) is 9.47 Å². The summed E-state index contributed by atoms with van der Waals surface area (Å²) in [6.45, 7) is 44.2. The number of ether oxygens (including phenoxy) is 2. The van der Waals surface area contributed by atoms with Gasteiger partial charge in [0, 0.05) is 50.9 Å². The van der Waals surface area contributed by atoms with E-state index in [2.05, 4.69) is 128 Å². The SMILES string of the molecule is CC(=O)CCC(C)C1CCC2C3C=CC4=CC(=O)CCC4(C)C3CCC12C.CC(=O)CCC(C)C1CCC2C3CCC4=CC(=O)CCC4(C)C3CCC12C.CC(C)C(=O)CCC(C)C1CCC2C3C=CC4=CC(=O)CCC4(C)C3CCC12C.CC(CCC1(C)OC1(C)C)C1CCC2C3C4OC4C4=CC(=O)CCC4(C)C3CCC12C. The van der Waals surface area contributed by atoms with Crippen LogP contribution in [0.4, 0.5) is 0 Å². The minimum atomic E-state index is 0.0648. The molecule has 18 aliphatic rings. The molecule has 0 amide bonds. The topological polar surface area (TPSA) is 145 Å². The minimum absolute atomic E-state index is 0.0648. The summed E-state index contributed by atoms with van der Waals surface area (Å²) in [7, 11) is 0. The molecule has 0 N–H and O–H groups in total. The van der Waals surface area contributed by atoms with Crippen molar-refractivity contribution in [2.75, 3.05) is 0 Å². The zero-order valence-electron chi connectivity index (χ0n) is 75.1. The van der Waals surface area contributed by atoms with Crippen molar-refractivity contribution in [1.82, 2.24) is 0 Å². The third kappa shape index (κ3) is 14.6. The fourth-order valence-electron chi connectivity index (χ4n) is 33.0. The quantitative estimate of drug-likeness (QED) is 0.130. The van der Waals surface area contributed by atoms with Crippen molar-refractivity contribution in [2.45, 2.75) is 373 Å². The molecule has 12 fully saturated rings. The zero-order valence-corrected chi connectivity index (χ0v) is 75.1. The van der Waals surface area contributed by atoms with E-state index in [1.165, 1.54) is 144 Å². The molecule has 2 heterocycles. The van der Waals surface area contributed by atoms with Gasteiger partial charge in [0.15, 0.2) is 23.1 Å². The lowest BCUT2D eigenvalue weighted by molar-refractivity contribution is -0.122. The normalized spacial score (nSPS) is 46.7. The minimum Gasteiger partial charge on any atom is -0.365 e. The fraction of sp³-hybridized carbons (Fsp3) is 0.819. The number of allylic oxidation sites excluding steroid dienone is 9. The average Bonchev–Trinajstić information content (AvgIpc) is 1.51. The first-order valence-electron chi connectivity index (χ1n) is 47.9. The molecule has 18 rings (SSSR count). The van der Waals surface area contributed by atoms with E-state index in [0.717, 1.165) is 161 Å². The highest BCUT2D eigenvalue weighted by Crippen LogP contribution is 2.74. The summed E-state index contributed by atoms with van der Waals surface area (Å²) in [5, 5.41) is 0. The molecule has 31 unspecified atom stereocenters. The van der Waals surface area contributed by atoms with Gasteiger partial charge in [-0.2, -0.15) is 0 Å². The maximum Gasteiger partial charge on any atom is 0.156 e. The molecule has 630 valence electrons. The van der Waals surface area contributed by atoms with E-state index in [-0.39, 0.29) is 44.9 Å². The van der Waals surface area contributed by atoms with Gasteiger partial charge in [-0.15, -0.1) is 0 Å². The van der Waals surface area contributed by atoms with Crippen molar-refractivity contribution in [1.29, 1.82) is 0 Å². The first kappa shape index (κ1) is 85.0. The number of rotatable bonds is 17. The highest BCUT2D eigenvalue weighted by molar-refractivity contribution is 5.94. The molecule has 0 spiro atoms. The standard InChI is InChI=1S/C28H42O3.C27H40O2.C25H38O2.C25H36O2/c1-16(9-14-28(6)25(2,3)31-28)18-7-8-19-22-20(11-13-26(18,19)4)27(5)12-10-17(29)15-21(27)23-24(22)30-23;1-17(2)25(29)11-6-18(3)22-9-10-23-21-8-7-19-16-20(28)12-14-26(19,4)24(21)13-15-27(22,23)5;2*1-16(5-6-17(2)26)21-9-10-22-20-8-7-18-15-19(27)11-13-24(18,3)23(20)12-14-25(21,22)4/h15-16,18-20,22-24H,7-14H2,1-6H3;7-8,16-18,21-24H,6,9-15H2,1-5H3;15-16,20-23H,5-14H2,1-4H3;7-8,15-16,20-23H,5-6,9-14H2,1-4H3. The van der Waals surface area contributed by atoms with E-state index in [1.54, 1.807) is 13.8 Å². The molecule has 2 aliphatic heterocycles. The molecular formula is C105H156O9. The van der Waals surface area contributed by atoms with Crippen LogP contribution in [0.25, 0.3) is 0 Å². The van der Waals surface area contributed by atoms with Crippen LogP contribution < -0.4 is 0 Å². The van der Waals surface area contributed by atoms with Crippen molar-refractivity contribution in [3.8, 4) is 0 Å². The van der Waals surface area contributed by atoms with Crippen molar-refractivity contribution >= 4 is 40.5 Å². The van der Waals surface area contributed by atoms with Crippen molar-refractivity contribution in [3.05, 3.63) is 70.9 Å². The molecule has 31 atom stereocenters. The summed E-state index contributed by atoms with van der Waals surface area (Å²) in [6.07, 6.45) is 57.1. The molecule has 0 bridgehead atoms. The van der Waals surface area contributed by atoms with Crippen molar-refractivity contribution < 1.29 is 43.0 Å². The summed E-state index contributed by atoms with van der Waals surface area (Å²) >= 11 is 0. The largest absolute Gasteiger partial charge is 0.365 e. The molecule has 9 nitrogen and oxygen atoms in total. The molecule has 114 heavy (non-hydrogen) atoms. The number of fused-ring (bicyclic) bond motifs is 23. The van der Waals surface area contributed by atoms with Crippen LogP contribution in [0.2, 0.25) is 0 Å². The number of carbonyl (C=O) groups is 7. The Bertz CT molecular complexity index is 3940. The van der Waals surface area contributed by atoms with E-state index in [1.807, 2.05) is 38.2 Å². The Hall–Kier alpha value is -3.95. The highest BCUT2D eigenvalue weighted by Gasteiger charge is 2.70. The highest BCUT2D eigenvalue weighted by atomic mass is 16.6. The summed E-state index contributed by atoms with van der Waals surface area (Å²) in [5.41, 5.74) is 8.24. The number of hydrogen-bond donors (Lipinski definition) is 0. The third-order valence-corrected chi connectivity index (χ3v) is 40.4. The van der Waals surface area contributed by atoms with Crippen LogP contribution in [0.15, 0.2) is 70.9 Å². The van der Waals surface area contributed by atoms with Gasteiger partial charge < -0.3 is 19.1 Å². The second-order valence-corrected chi connectivity index (χ2v) is 46.4. The van der Waals surface area contributed by atoms with Gasteiger partial charge >= 0.3 is 0 Å². The maximum absolute atomic E-state index is 12.2. The number of epoxide rings is 2. The second kappa shape index (κ2) is 31.2. The van der Waals surface area contributed by atoms with Crippen LogP contribution in [0.1, 0.15) is 350 Å². The van der Waals surface area contributed by atoms with Gasteiger partial charge in [0.05, 0.1) is 17.3 Å². The lowest BCUT2D eigenvalue weighted by Crippen LogP contribution is -2.53. The van der Waals surface area contributed by atoms with E-state index < -0.39 is 0 Å². The van der Waals surface area contributed by atoms with Crippen LogP contribution in [0, 0.1) is 168 Å². The predicted molar refractivity (Wildman–Crippen MR) is 458 cm³/mol. The Balaban J connectivity index is 0.000000120. The van der Waals surface area contributed by atoms with E-state index in [0.29, 0.717) is 122 Å². The van der Waals surface area contributed by atoms with Crippen molar-refractivity contribution in [2.24, 2.45) is 168 Å². The predicted octanol–water partition coefficient (Wildman–Crippen LogP) is 24.7. The average molecular weight is 1560 g/mol. The van der Waals surface area contributed by atoms with Crippen molar-refractivity contribution in [3.63, 3.8) is 0 Å². The first-order chi connectivity index (χ1) is 53.7. The van der Waals surface area contributed by atoms with Crippen LogP contribution in [0.3, 0.4) is 0 Å². The van der Waals surface area contributed by atoms with Crippen LogP contribution in [-0.2, 0) is 43.0 Å². The molecular weight excluding hydrogens is 1410 g/mol. The monoisotopic (exact) mass is 1560 g/mol. The van der Waals surface area contributed by atoms with Crippen LogP contribution in [-0.4, -0.2) is 63.9 Å². The Labute approximate surface area is 691 Å². The lowest BCUT2D eigenvalue weighted by Gasteiger charge is -2.58. The summed E-state index contributed by atoms with van der Waals surface area (Å²) in [6, 6.07) is 0. The van der Waals surface area contributed by atoms with Crippen LogP contribution in [0.5, 0.6) is 0 Å². The Morgan fingerprint density at radius 3 is 1.27 bits per heavy atom. The molecule has 0 aromatic rings. The second-order valence-electron chi connectivity index (χ2n) is 46.4. The van der Waals surface area contributed by atoms with E-state index >= 15 is 0 Å². The maximum atomic E-state index is 12.2. The third-order valence-electron chi connectivity index (χ3n) is 40.4. The summed E-state index contributed by atoms with van der Waals surface area (Å²) < 4.78 is 12.4. The van der Waals surface area contributed by atoms with Gasteiger partial charge in [0.25, 0.3) is 0 Å².